The van der Waals surface area contributed by atoms with Crippen molar-refractivity contribution in [1.82, 2.24) is 19.5 Å². The van der Waals surface area contributed by atoms with Crippen molar-refractivity contribution in [3.05, 3.63) is 75.9 Å². The van der Waals surface area contributed by atoms with Crippen molar-refractivity contribution in [1.29, 1.82) is 0 Å². The molecule has 0 saturated heterocycles. The highest BCUT2D eigenvalue weighted by molar-refractivity contribution is 6.30. The maximum Gasteiger partial charge on any atom is 0.255 e. The number of halogens is 1. The lowest BCUT2D eigenvalue weighted by Gasteiger charge is -2.29. The van der Waals surface area contributed by atoms with Crippen LogP contribution in [0.2, 0.25) is 5.02 Å². The molecular formula is C20H18ClN5O. The van der Waals surface area contributed by atoms with Crippen molar-refractivity contribution < 1.29 is 0 Å². The minimum absolute atomic E-state index is 0.115. The molecule has 0 fully saturated rings. The maximum absolute atomic E-state index is 12.5. The second-order valence-electron chi connectivity index (χ2n) is 6.38. The third-order valence-electron chi connectivity index (χ3n) is 4.60. The van der Waals surface area contributed by atoms with Crippen molar-refractivity contribution in [3.8, 4) is 11.4 Å². The number of anilines is 1. The van der Waals surface area contributed by atoms with E-state index in [1.54, 1.807) is 23.9 Å². The number of aromatic nitrogens is 4. The second-order valence-corrected chi connectivity index (χ2v) is 6.82. The van der Waals surface area contributed by atoms with Gasteiger partial charge in [-0.2, -0.15) is 0 Å². The fourth-order valence-corrected chi connectivity index (χ4v) is 3.30. The molecule has 1 aromatic carbocycles. The molecule has 0 saturated carbocycles. The largest absolute Gasteiger partial charge is 0.338 e. The van der Waals surface area contributed by atoms with Gasteiger partial charge in [0.15, 0.2) is 0 Å². The topological polar surface area (TPSA) is 63.9 Å². The van der Waals surface area contributed by atoms with Gasteiger partial charge in [0.05, 0.1) is 11.4 Å². The Morgan fingerprint density at radius 1 is 1.11 bits per heavy atom. The summed E-state index contributed by atoms with van der Waals surface area (Å²) in [4.78, 5) is 27.5. The molecule has 4 rings (SSSR count). The van der Waals surface area contributed by atoms with Crippen LogP contribution in [0.1, 0.15) is 12.0 Å². The van der Waals surface area contributed by atoms with Crippen LogP contribution in [0.25, 0.3) is 17.0 Å². The van der Waals surface area contributed by atoms with E-state index in [2.05, 4.69) is 20.9 Å². The molecule has 7 heteroatoms. The highest BCUT2D eigenvalue weighted by atomic mass is 35.5. The first-order chi connectivity index (χ1) is 13.1. The van der Waals surface area contributed by atoms with Crippen molar-refractivity contribution in [2.45, 2.75) is 6.42 Å². The predicted octanol–water partition coefficient (Wildman–Crippen LogP) is 3.18. The molecule has 3 aromatic rings. The molecule has 0 aliphatic carbocycles. The quantitative estimate of drug-likeness (QED) is 0.699. The van der Waals surface area contributed by atoms with Crippen LogP contribution in [-0.4, -0.2) is 32.6 Å². The summed E-state index contributed by atoms with van der Waals surface area (Å²) in [6, 6.07) is 11.1. The SMILES string of the molecule is Cn1c(N2CCC=C(c3ccc(Cl)cc3)C2)nc(-c2ccncn2)cc1=O. The summed E-state index contributed by atoms with van der Waals surface area (Å²) in [5, 5.41) is 0.716. The van der Waals surface area contributed by atoms with E-state index in [4.69, 9.17) is 16.6 Å². The normalized spacial score (nSPS) is 14.1. The first-order valence-corrected chi connectivity index (χ1v) is 9.04. The lowest BCUT2D eigenvalue weighted by Crippen LogP contribution is -2.35. The lowest BCUT2D eigenvalue weighted by atomic mass is 10.0. The van der Waals surface area contributed by atoms with Gasteiger partial charge >= 0.3 is 0 Å². The molecule has 136 valence electrons. The Morgan fingerprint density at radius 3 is 2.67 bits per heavy atom. The van der Waals surface area contributed by atoms with Crippen LogP contribution < -0.4 is 10.5 Å². The Labute approximate surface area is 161 Å². The van der Waals surface area contributed by atoms with E-state index in [0.29, 0.717) is 28.9 Å². The summed E-state index contributed by atoms with van der Waals surface area (Å²) in [5.41, 5.74) is 3.39. The summed E-state index contributed by atoms with van der Waals surface area (Å²) < 4.78 is 1.58. The smallest absolute Gasteiger partial charge is 0.255 e. The average Bonchev–Trinajstić information content (AvgIpc) is 2.71. The van der Waals surface area contributed by atoms with Crippen LogP contribution in [0.3, 0.4) is 0 Å². The fourth-order valence-electron chi connectivity index (χ4n) is 3.17. The molecule has 0 N–H and O–H groups in total. The standard InChI is InChI=1S/C20H18ClN5O/c1-25-19(27)11-18(17-8-9-22-13-23-17)24-20(25)26-10-2-3-15(12-26)14-4-6-16(21)7-5-14/h3-9,11,13H,2,10,12H2,1H3. The van der Waals surface area contributed by atoms with E-state index >= 15 is 0 Å². The van der Waals surface area contributed by atoms with Crippen molar-refractivity contribution in [2.75, 3.05) is 18.0 Å². The number of hydrogen-bond acceptors (Lipinski definition) is 5. The van der Waals surface area contributed by atoms with Gasteiger partial charge in [0.2, 0.25) is 5.95 Å². The molecular weight excluding hydrogens is 362 g/mol. The van der Waals surface area contributed by atoms with Gasteiger partial charge in [-0.05, 0) is 35.8 Å². The van der Waals surface area contributed by atoms with E-state index in [1.807, 2.05) is 24.3 Å². The summed E-state index contributed by atoms with van der Waals surface area (Å²) in [6.45, 7) is 1.47. The molecule has 0 unspecified atom stereocenters. The summed E-state index contributed by atoms with van der Waals surface area (Å²) in [6.07, 6.45) is 6.21. The number of rotatable bonds is 3. The van der Waals surface area contributed by atoms with Gasteiger partial charge < -0.3 is 4.90 Å². The zero-order valence-electron chi connectivity index (χ0n) is 14.8. The predicted molar refractivity (Wildman–Crippen MR) is 107 cm³/mol. The molecule has 1 aliphatic heterocycles. The third kappa shape index (κ3) is 3.61. The van der Waals surface area contributed by atoms with E-state index in [9.17, 15) is 4.79 Å². The molecule has 0 amide bonds. The van der Waals surface area contributed by atoms with Gasteiger partial charge in [-0.1, -0.05) is 29.8 Å². The zero-order valence-corrected chi connectivity index (χ0v) is 15.6. The number of hydrogen-bond donors (Lipinski definition) is 0. The van der Waals surface area contributed by atoms with Gasteiger partial charge in [-0.25, -0.2) is 15.0 Å². The molecule has 3 heterocycles. The van der Waals surface area contributed by atoms with Gasteiger partial charge in [0.1, 0.15) is 6.33 Å². The van der Waals surface area contributed by atoms with Crippen LogP contribution in [0.5, 0.6) is 0 Å². The van der Waals surface area contributed by atoms with Gasteiger partial charge in [-0.3, -0.25) is 9.36 Å². The zero-order chi connectivity index (χ0) is 18.8. The summed E-state index contributed by atoms with van der Waals surface area (Å²) in [7, 11) is 1.74. The van der Waals surface area contributed by atoms with E-state index in [1.165, 1.54) is 18.0 Å². The molecule has 0 atom stereocenters. The summed E-state index contributed by atoms with van der Waals surface area (Å²) >= 11 is 6.00. The lowest BCUT2D eigenvalue weighted by molar-refractivity contribution is 0.726. The number of benzene rings is 1. The highest BCUT2D eigenvalue weighted by Gasteiger charge is 2.19. The average molecular weight is 380 g/mol. The molecule has 0 spiro atoms. The van der Waals surface area contributed by atoms with E-state index < -0.39 is 0 Å². The Balaban J connectivity index is 1.69. The van der Waals surface area contributed by atoms with Crippen LogP contribution >= 0.6 is 11.6 Å². The molecule has 0 radical (unpaired) electrons. The van der Waals surface area contributed by atoms with Crippen molar-refractivity contribution >= 4 is 23.1 Å². The molecule has 2 aromatic heterocycles. The molecule has 1 aliphatic rings. The summed E-state index contributed by atoms with van der Waals surface area (Å²) in [5.74, 6) is 0.635. The minimum Gasteiger partial charge on any atom is -0.338 e. The van der Waals surface area contributed by atoms with Crippen LogP contribution in [0.15, 0.2) is 59.8 Å². The van der Waals surface area contributed by atoms with Gasteiger partial charge in [0, 0.05) is 37.4 Å². The van der Waals surface area contributed by atoms with E-state index in [0.717, 1.165) is 18.5 Å². The van der Waals surface area contributed by atoms with Crippen LogP contribution in [-0.2, 0) is 7.05 Å². The first-order valence-electron chi connectivity index (χ1n) is 8.66. The minimum atomic E-state index is -0.115. The second kappa shape index (κ2) is 7.32. The van der Waals surface area contributed by atoms with Gasteiger partial charge in [0.25, 0.3) is 5.56 Å². The molecule has 6 nitrogen and oxygen atoms in total. The molecule has 27 heavy (non-hydrogen) atoms. The Bertz CT molecular complexity index is 1040. The fraction of sp³-hybridized carbons (Fsp3) is 0.200. The Hall–Kier alpha value is -2.99. The third-order valence-corrected chi connectivity index (χ3v) is 4.86. The van der Waals surface area contributed by atoms with Crippen molar-refractivity contribution in [2.24, 2.45) is 7.05 Å². The van der Waals surface area contributed by atoms with Crippen molar-refractivity contribution in [3.63, 3.8) is 0 Å². The Kier molecular flexibility index (Phi) is 4.73. The first kappa shape index (κ1) is 17.4. The monoisotopic (exact) mass is 379 g/mol. The highest BCUT2D eigenvalue weighted by Crippen LogP contribution is 2.25. The Morgan fingerprint density at radius 2 is 1.93 bits per heavy atom. The number of nitrogens with zero attached hydrogens (tertiary/aromatic N) is 5. The van der Waals surface area contributed by atoms with E-state index in [-0.39, 0.29) is 5.56 Å². The molecule has 0 bridgehead atoms. The van der Waals surface area contributed by atoms with Crippen LogP contribution in [0.4, 0.5) is 5.95 Å². The van der Waals surface area contributed by atoms with Gasteiger partial charge in [-0.15, -0.1) is 0 Å². The maximum atomic E-state index is 12.5. The van der Waals surface area contributed by atoms with Crippen LogP contribution in [0, 0.1) is 0 Å².